The van der Waals surface area contributed by atoms with E-state index >= 15 is 0 Å². The molecule has 7 nitrogen and oxygen atoms in total. The molecule has 0 unspecified atom stereocenters. The van der Waals surface area contributed by atoms with Crippen molar-refractivity contribution in [1.82, 2.24) is 19.5 Å². The lowest BCUT2D eigenvalue weighted by Crippen LogP contribution is -2.02. The fraction of sp³-hybridized carbons (Fsp3) is 0.207. The molecule has 4 heterocycles. The first kappa shape index (κ1) is 22.7. The summed E-state index contributed by atoms with van der Waals surface area (Å²) >= 11 is 0. The monoisotopic (exact) mass is 512 g/mol. The first-order chi connectivity index (χ1) is 18.5. The predicted molar refractivity (Wildman–Crippen MR) is 136 cm³/mol. The fourth-order valence-electron chi connectivity index (χ4n) is 5.31. The minimum atomic E-state index is -0.657. The van der Waals surface area contributed by atoms with E-state index in [9.17, 15) is 13.6 Å². The van der Waals surface area contributed by atoms with Crippen LogP contribution >= 0.6 is 0 Å². The highest BCUT2D eigenvalue weighted by Crippen LogP contribution is 2.43. The topological polar surface area (TPSA) is 85.4 Å². The van der Waals surface area contributed by atoms with E-state index in [0.29, 0.717) is 40.7 Å². The minimum Gasteiger partial charge on any atom is -0.488 e. The maximum absolute atomic E-state index is 14.5. The second-order valence-electron chi connectivity index (χ2n) is 9.81. The van der Waals surface area contributed by atoms with Crippen molar-refractivity contribution in [3.8, 4) is 5.75 Å². The standard InChI is InChI=1S/C29H22F2N4O3/c1-15(27-33-29(36)38-34-27)25-20-8-4-16(11-18(20)14-37-24-13-19(30)7-9-21(24)25)12-23-26(17-5-6-17)32-28-22(31)3-2-10-35(23)28/h2-4,7-11,13,17H,5-6,12,14H2,1H3,(H,33,34,36)/b25-15+. The molecule has 1 fully saturated rings. The van der Waals surface area contributed by atoms with Crippen LogP contribution in [0.2, 0.25) is 0 Å². The van der Waals surface area contributed by atoms with Crippen molar-refractivity contribution >= 4 is 16.8 Å². The zero-order chi connectivity index (χ0) is 26.0. The number of ether oxygens (including phenoxy) is 1. The number of fused-ring (bicyclic) bond motifs is 3. The van der Waals surface area contributed by atoms with Gasteiger partial charge in [0.15, 0.2) is 17.3 Å². The van der Waals surface area contributed by atoms with Gasteiger partial charge in [0.05, 0.1) is 11.4 Å². The first-order valence-electron chi connectivity index (χ1n) is 12.4. The molecular weight excluding hydrogens is 490 g/mol. The summed E-state index contributed by atoms with van der Waals surface area (Å²) < 4.78 is 41.3. The quantitative estimate of drug-likeness (QED) is 0.338. The van der Waals surface area contributed by atoms with E-state index in [1.807, 2.05) is 29.7 Å². The van der Waals surface area contributed by atoms with Gasteiger partial charge in [-0.15, -0.1) is 0 Å². The van der Waals surface area contributed by atoms with Crippen LogP contribution < -0.4 is 10.5 Å². The highest BCUT2D eigenvalue weighted by atomic mass is 19.1. The van der Waals surface area contributed by atoms with Gasteiger partial charge in [0.2, 0.25) is 0 Å². The van der Waals surface area contributed by atoms with E-state index in [4.69, 9.17) is 9.26 Å². The summed E-state index contributed by atoms with van der Waals surface area (Å²) in [6.45, 7) is 2.05. The van der Waals surface area contributed by atoms with Crippen molar-refractivity contribution in [2.24, 2.45) is 0 Å². The van der Waals surface area contributed by atoms with E-state index in [-0.39, 0.29) is 12.4 Å². The maximum atomic E-state index is 14.5. The molecule has 0 amide bonds. The number of rotatable bonds is 4. The molecule has 0 atom stereocenters. The molecule has 1 saturated carbocycles. The van der Waals surface area contributed by atoms with Gasteiger partial charge in [-0.05, 0) is 66.3 Å². The predicted octanol–water partition coefficient (Wildman–Crippen LogP) is 5.63. The molecule has 0 bridgehead atoms. The van der Waals surface area contributed by atoms with Crippen molar-refractivity contribution < 1.29 is 18.0 Å². The second-order valence-corrected chi connectivity index (χ2v) is 9.81. The van der Waals surface area contributed by atoms with Crippen LogP contribution in [0.3, 0.4) is 0 Å². The van der Waals surface area contributed by atoms with Crippen molar-refractivity contribution in [2.75, 3.05) is 0 Å². The Bertz CT molecular complexity index is 1830. The zero-order valence-electron chi connectivity index (χ0n) is 20.4. The summed E-state index contributed by atoms with van der Waals surface area (Å²) in [5.74, 6) is -0.350. The summed E-state index contributed by atoms with van der Waals surface area (Å²) in [4.78, 5) is 18.9. The van der Waals surface area contributed by atoms with E-state index < -0.39 is 11.6 Å². The lowest BCUT2D eigenvalue weighted by molar-refractivity contribution is 0.305. The zero-order valence-corrected chi connectivity index (χ0v) is 20.4. The van der Waals surface area contributed by atoms with Gasteiger partial charge in [-0.25, -0.2) is 18.6 Å². The molecule has 0 spiro atoms. The average molecular weight is 513 g/mol. The largest absolute Gasteiger partial charge is 0.488 e. The Hall–Kier alpha value is -4.53. The lowest BCUT2D eigenvalue weighted by Gasteiger charge is -2.14. The van der Waals surface area contributed by atoms with Gasteiger partial charge in [-0.1, -0.05) is 23.4 Å². The van der Waals surface area contributed by atoms with Crippen LogP contribution in [-0.4, -0.2) is 19.5 Å². The summed E-state index contributed by atoms with van der Waals surface area (Å²) in [6.07, 6.45) is 4.54. The Morgan fingerprint density at radius 1 is 1.13 bits per heavy atom. The summed E-state index contributed by atoms with van der Waals surface area (Å²) in [5.41, 5.74) is 7.19. The van der Waals surface area contributed by atoms with Crippen LogP contribution in [0.4, 0.5) is 8.78 Å². The normalized spacial score (nSPS) is 16.1. The molecule has 2 aromatic carbocycles. The number of hydrogen-bond donors (Lipinski definition) is 1. The van der Waals surface area contributed by atoms with Gasteiger partial charge in [0, 0.05) is 35.7 Å². The maximum Gasteiger partial charge on any atom is 0.439 e. The molecular formula is C29H22F2N4O3. The second kappa shape index (κ2) is 8.51. The Morgan fingerprint density at radius 2 is 1.97 bits per heavy atom. The number of nitrogens with one attached hydrogen (secondary N) is 1. The molecule has 9 heteroatoms. The number of H-pyrrole nitrogens is 1. The third kappa shape index (κ3) is 3.73. The Kier molecular flexibility index (Phi) is 5.07. The molecule has 38 heavy (non-hydrogen) atoms. The van der Waals surface area contributed by atoms with Gasteiger partial charge in [-0.2, -0.15) is 0 Å². The smallest absolute Gasteiger partial charge is 0.439 e. The van der Waals surface area contributed by atoms with Gasteiger partial charge >= 0.3 is 5.76 Å². The molecule has 0 saturated heterocycles. The molecule has 1 N–H and O–H groups in total. The SMILES string of the molecule is C/C(=C1/c2ccc(Cc3c(C4CC4)nc4c(F)cccn34)cc2COc2cc(F)ccc21)c1noc(=O)[nH]1. The number of halogens is 2. The van der Waals surface area contributed by atoms with Crippen molar-refractivity contribution in [3.63, 3.8) is 0 Å². The van der Waals surface area contributed by atoms with Crippen LogP contribution in [-0.2, 0) is 13.0 Å². The number of aromatic nitrogens is 4. The average Bonchev–Trinajstić information content (AvgIpc) is 3.59. The molecule has 7 rings (SSSR count). The van der Waals surface area contributed by atoms with Gasteiger partial charge in [0.1, 0.15) is 18.2 Å². The van der Waals surface area contributed by atoms with Crippen LogP contribution in [0.25, 0.3) is 16.8 Å². The van der Waals surface area contributed by atoms with Crippen molar-refractivity contribution in [1.29, 1.82) is 0 Å². The van der Waals surface area contributed by atoms with Crippen LogP contribution in [0, 0.1) is 11.6 Å². The van der Waals surface area contributed by atoms with E-state index in [1.54, 1.807) is 12.1 Å². The number of imidazole rings is 1. The number of hydrogen-bond acceptors (Lipinski definition) is 5. The fourth-order valence-corrected chi connectivity index (χ4v) is 5.31. The molecule has 190 valence electrons. The molecule has 1 aliphatic heterocycles. The molecule has 1 aliphatic carbocycles. The van der Waals surface area contributed by atoms with E-state index in [0.717, 1.165) is 46.5 Å². The van der Waals surface area contributed by atoms with E-state index in [2.05, 4.69) is 21.2 Å². The van der Waals surface area contributed by atoms with Gasteiger partial charge in [-0.3, -0.25) is 9.51 Å². The Labute approximate surface area is 215 Å². The van der Waals surface area contributed by atoms with E-state index in [1.165, 1.54) is 18.2 Å². The van der Waals surface area contributed by atoms with Gasteiger partial charge < -0.3 is 9.14 Å². The van der Waals surface area contributed by atoms with Crippen LogP contribution in [0.15, 0.2) is 64.0 Å². The van der Waals surface area contributed by atoms with Crippen LogP contribution in [0.1, 0.15) is 65.1 Å². The van der Waals surface area contributed by atoms with Gasteiger partial charge in [0.25, 0.3) is 0 Å². The Balaban J connectivity index is 1.36. The lowest BCUT2D eigenvalue weighted by atomic mass is 9.89. The number of nitrogens with zero attached hydrogens (tertiary/aromatic N) is 3. The highest BCUT2D eigenvalue weighted by molar-refractivity contribution is 5.99. The summed E-state index contributed by atoms with van der Waals surface area (Å²) in [6, 6.07) is 13.6. The third-order valence-corrected chi connectivity index (χ3v) is 7.27. The first-order valence-corrected chi connectivity index (χ1v) is 12.4. The van der Waals surface area contributed by atoms with Crippen molar-refractivity contribution in [2.45, 2.75) is 38.7 Å². The minimum absolute atomic E-state index is 0.225. The van der Waals surface area contributed by atoms with Crippen LogP contribution in [0.5, 0.6) is 5.75 Å². The summed E-state index contributed by atoms with van der Waals surface area (Å²) in [5, 5.41) is 3.86. The number of benzene rings is 2. The van der Waals surface area contributed by atoms with Crippen molar-refractivity contribution in [3.05, 3.63) is 116 Å². The third-order valence-electron chi connectivity index (χ3n) is 7.27. The molecule has 0 radical (unpaired) electrons. The number of aromatic amines is 1. The Morgan fingerprint density at radius 3 is 2.76 bits per heavy atom. The molecule has 3 aromatic heterocycles. The molecule has 5 aromatic rings. The highest BCUT2D eigenvalue weighted by Gasteiger charge is 2.31. The molecule has 2 aliphatic rings. The summed E-state index contributed by atoms with van der Waals surface area (Å²) in [7, 11) is 0. The number of allylic oxidation sites excluding steroid dienone is 1. The number of pyridine rings is 1.